The number of likely N-dealkylation sites (N-methyl/N-ethyl adjacent to an activating group) is 1. The monoisotopic (exact) mass is 273 g/mol. The summed E-state index contributed by atoms with van der Waals surface area (Å²) in [7, 11) is -1.51. The van der Waals surface area contributed by atoms with Crippen molar-refractivity contribution in [3.63, 3.8) is 0 Å². The molecular weight excluding hydrogens is 254 g/mol. The van der Waals surface area contributed by atoms with E-state index < -0.39 is 10.0 Å². The molecule has 2 rings (SSSR count). The number of hydrogen-bond acceptors (Lipinski definition) is 5. The van der Waals surface area contributed by atoms with E-state index in [9.17, 15) is 8.42 Å². The Balaban J connectivity index is 2.03. The number of sulfonamides is 1. The Morgan fingerprint density at radius 3 is 2.61 bits per heavy atom. The van der Waals surface area contributed by atoms with Crippen molar-refractivity contribution in [3.05, 3.63) is 12.0 Å². The van der Waals surface area contributed by atoms with Crippen molar-refractivity contribution >= 4 is 10.0 Å². The molecule has 0 radical (unpaired) electrons. The zero-order valence-corrected chi connectivity index (χ0v) is 11.5. The molecule has 0 aliphatic carbocycles. The van der Waals surface area contributed by atoms with Gasteiger partial charge in [-0.25, -0.2) is 18.4 Å². The Bertz CT molecular complexity index is 490. The summed E-state index contributed by atoms with van der Waals surface area (Å²) in [6, 6.07) is 0. The van der Waals surface area contributed by atoms with Crippen molar-refractivity contribution in [2.45, 2.75) is 18.4 Å². The average Bonchev–Trinajstić information content (AvgIpc) is 2.81. The second kappa shape index (κ2) is 5.35. The molecule has 0 amide bonds. The van der Waals surface area contributed by atoms with Gasteiger partial charge in [-0.3, -0.25) is 0 Å². The van der Waals surface area contributed by atoms with E-state index in [2.05, 4.69) is 19.7 Å². The number of hydrazine groups is 1. The molecular formula is C10H19N5O2S. The van der Waals surface area contributed by atoms with Crippen LogP contribution in [0.4, 0.5) is 0 Å². The molecule has 2 N–H and O–H groups in total. The van der Waals surface area contributed by atoms with Crippen molar-refractivity contribution in [3.8, 4) is 0 Å². The van der Waals surface area contributed by atoms with E-state index in [0.717, 1.165) is 13.1 Å². The molecule has 0 aromatic carbocycles. The van der Waals surface area contributed by atoms with E-state index in [0.29, 0.717) is 25.3 Å². The molecule has 0 unspecified atom stereocenters. The smallest absolute Gasteiger partial charge is 0.270 e. The predicted molar refractivity (Wildman–Crippen MR) is 67.4 cm³/mol. The molecule has 1 aliphatic rings. The summed E-state index contributed by atoms with van der Waals surface area (Å²) in [4.78, 5) is 11.5. The van der Waals surface area contributed by atoms with E-state index in [4.69, 9.17) is 0 Å². The minimum absolute atomic E-state index is 0.123. The van der Waals surface area contributed by atoms with Gasteiger partial charge in [0.2, 0.25) is 0 Å². The third kappa shape index (κ3) is 3.08. The van der Waals surface area contributed by atoms with Crippen molar-refractivity contribution in [2.75, 3.05) is 33.2 Å². The highest BCUT2D eigenvalue weighted by Gasteiger charge is 2.22. The van der Waals surface area contributed by atoms with Crippen LogP contribution in [0.15, 0.2) is 11.2 Å². The van der Waals surface area contributed by atoms with E-state index in [-0.39, 0.29) is 5.03 Å². The Morgan fingerprint density at radius 2 is 2.06 bits per heavy atom. The highest BCUT2D eigenvalue weighted by Crippen LogP contribution is 2.07. The Labute approximate surface area is 107 Å². The fourth-order valence-electron chi connectivity index (χ4n) is 1.78. The molecule has 1 aliphatic heterocycles. The molecule has 1 aromatic rings. The molecule has 1 aromatic heterocycles. The van der Waals surface area contributed by atoms with Gasteiger partial charge in [0.15, 0.2) is 5.03 Å². The van der Waals surface area contributed by atoms with Crippen molar-refractivity contribution in [1.82, 2.24) is 24.7 Å². The lowest BCUT2D eigenvalue weighted by Gasteiger charge is -2.31. The molecule has 8 heteroatoms. The van der Waals surface area contributed by atoms with Gasteiger partial charge in [-0.2, -0.15) is 0 Å². The summed E-state index contributed by atoms with van der Waals surface area (Å²) >= 11 is 0. The van der Waals surface area contributed by atoms with Crippen LogP contribution in [0.25, 0.3) is 0 Å². The molecule has 7 nitrogen and oxygen atoms in total. The number of nitrogens with one attached hydrogen (secondary N) is 2. The summed E-state index contributed by atoms with van der Waals surface area (Å²) in [6.45, 7) is 5.00. The van der Waals surface area contributed by atoms with Crippen LogP contribution in [0.5, 0.6) is 0 Å². The lowest BCUT2D eigenvalue weighted by atomic mass is 10.4. The number of piperazine rings is 1. The first-order valence-electron chi connectivity index (χ1n) is 6.01. The van der Waals surface area contributed by atoms with Crippen molar-refractivity contribution in [2.24, 2.45) is 0 Å². The van der Waals surface area contributed by atoms with Crippen LogP contribution < -0.4 is 4.83 Å². The summed E-state index contributed by atoms with van der Waals surface area (Å²) in [5, 5.41) is 1.85. The van der Waals surface area contributed by atoms with Gasteiger partial charge in [0.25, 0.3) is 10.0 Å². The maximum absolute atomic E-state index is 12.1. The molecule has 0 atom stereocenters. The molecule has 0 spiro atoms. The summed E-state index contributed by atoms with van der Waals surface area (Å²) in [6.07, 6.45) is 2.04. The van der Waals surface area contributed by atoms with Gasteiger partial charge in [0, 0.05) is 32.6 Å². The third-order valence-electron chi connectivity index (χ3n) is 2.98. The van der Waals surface area contributed by atoms with E-state index in [1.807, 2.05) is 14.0 Å². The maximum atomic E-state index is 12.1. The number of nitrogens with zero attached hydrogens (tertiary/aromatic N) is 3. The first-order chi connectivity index (χ1) is 8.51. The lowest BCUT2D eigenvalue weighted by molar-refractivity contribution is 0.134. The number of aryl methyl sites for hydroxylation is 1. The third-order valence-corrected chi connectivity index (χ3v) is 4.27. The normalized spacial score (nSPS) is 19.2. The number of aromatic nitrogens is 2. The average molecular weight is 273 g/mol. The second-order valence-corrected chi connectivity index (χ2v) is 6.06. The fourth-order valence-corrected chi connectivity index (χ4v) is 2.84. The minimum Gasteiger partial charge on any atom is -0.332 e. The largest absolute Gasteiger partial charge is 0.332 e. The SMILES string of the molecule is CCc1ncc(S(=O)(=O)NN2CCN(C)CC2)[nH]1. The lowest BCUT2D eigenvalue weighted by Crippen LogP contribution is -2.52. The van der Waals surface area contributed by atoms with Crippen molar-refractivity contribution < 1.29 is 8.42 Å². The van der Waals surface area contributed by atoms with E-state index in [1.165, 1.54) is 6.20 Å². The van der Waals surface area contributed by atoms with Gasteiger partial charge < -0.3 is 9.88 Å². The predicted octanol–water partition coefficient (Wildman–Crippen LogP) is -0.587. The Hall–Kier alpha value is -0.960. The summed E-state index contributed by atoms with van der Waals surface area (Å²) < 4.78 is 24.1. The molecule has 0 saturated carbocycles. The van der Waals surface area contributed by atoms with Crippen molar-refractivity contribution in [1.29, 1.82) is 0 Å². The number of aromatic amines is 1. The highest BCUT2D eigenvalue weighted by atomic mass is 32.2. The van der Waals surface area contributed by atoms with Crippen LogP contribution in [0.1, 0.15) is 12.7 Å². The van der Waals surface area contributed by atoms with E-state index in [1.54, 1.807) is 5.01 Å². The summed E-state index contributed by atoms with van der Waals surface area (Å²) in [5.41, 5.74) is 0. The van der Waals surface area contributed by atoms with Crippen LogP contribution in [0, 0.1) is 0 Å². The van der Waals surface area contributed by atoms with Gasteiger partial charge in [-0.1, -0.05) is 6.92 Å². The molecule has 18 heavy (non-hydrogen) atoms. The van der Waals surface area contributed by atoms with Gasteiger partial charge in [-0.05, 0) is 7.05 Å². The van der Waals surface area contributed by atoms with E-state index >= 15 is 0 Å². The highest BCUT2D eigenvalue weighted by molar-refractivity contribution is 7.89. The quantitative estimate of drug-likeness (QED) is 0.766. The van der Waals surface area contributed by atoms with Crippen LogP contribution in [-0.4, -0.2) is 61.5 Å². The minimum atomic E-state index is -3.53. The standard InChI is InChI=1S/C10H19N5O2S/c1-3-9-11-8-10(12-9)18(16,17)13-15-6-4-14(2)5-7-15/h8,13H,3-7H2,1-2H3,(H,11,12). The number of H-pyrrole nitrogens is 1. The zero-order valence-electron chi connectivity index (χ0n) is 10.7. The first-order valence-corrected chi connectivity index (χ1v) is 7.49. The van der Waals surface area contributed by atoms with Crippen LogP contribution in [0.3, 0.4) is 0 Å². The molecule has 1 fully saturated rings. The fraction of sp³-hybridized carbons (Fsp3) is 0.700. The zero-order chi connectivity index (χ0) is 13.2. The van der Waals surface area contributed by atoms with Gasteiger partial charge in [0.1, 0.15) is 5.82 Å². The number of imidazole rings is 1. The number of hydrogen-bond donors (Lipinski definition) is 2. The first kappa shape index (κ1) is 13.5. The molecule has 1 saturated heterocycles. The summed E-state index contributed by atoms with van der Waals surface area (Å²) in [5.74, 6) is 0.675. The van der Waals surface area contributed by atoms with Gasteiger partial charge >= 0.3 is 0 Å². The van der Waals surface area contributed by atoms with Gasteiger partial charge in [0.05, 0.1) is 6.20 Å². The number of rotatable bonds is 4. The van der Waals surface area contributed by atoms with Crippen LogP contribution >= 0.6 is 0 Å². The van der Waals surface area contributed by atoms with Crippen LogP contribution in [0.2, 0.25) is 0 Å². The Morgan fingerprint density at radius 1 is 1.39 bits per heavy atom. The van der Waals surface area contributed by atoms with Crippen LogP contribution in [-0.2, 0) is 16.4 Å². The Kier molecular flexibility index (Phi) is 4.00. The topological polar surface area (TPSA) is 81.3 Å². The maximum Gasteiger partial charge on any atom is 0.270 e. The molecule has 102 valence electrons. The molecule has 2 heterocycles. The van der Waals surface area contributed by atoms with Gasteiger partial charge in [-0.15, -0.1) is 4.83 Å². The molecule has 0 bridgehead atoms. The second-order valence-electron chi connectivity index (χ2n) is 4.43.